The van der Waals surface area contributed by atoms with Crippen LogP contribution in [0.25, 0.3) is 0 Å². The second-order valence-corrected chi connectivity index (χ2v) is 8.04. The SMILES string of the molecule is CCCNC(c1ccc(Cl)s1)c1cc(I)ccc1Br. The van der Waals surface area contributed by atoms with Crippen LogP contribution in [-0.4, -0.2) is 6.54 Å². The number of hydrogen-bond donors (Lipinski definition) is 1. The molecule has 1 unspecified atom stereocenters. The second-order valence-electron chi connectivity index (χ2n) is 4.19. The summed E-state index contributed by atoms with van der Waals surface area (Å²) in [5.41, 5.74) is 1.26. The molecule has 1 nitrogen and oxygen atoms in total. The number of rotatable bonds is 5. The smallest absolute Gasteiger partial charge is 0.0931 e. The fourth-order valence-corrected chi connectivity index (χ4v) is 4.02. The van der Waals surface area contributed by atoms with Crippen molar-refractivity contribution in [1.29, 1.82) is 0 Å². The highest BCUT2D eigenvalue weighted by Gasteiger charge is 2.18. The molecule has 0 aliphatic heterocycles. The molecule has 0 fully saturated rings. The highest BCUT2D eigenvalue weighted by Crippen LogP contribution is 2.35. The van der Waals surface area contributed by atoms with Crippen LogP contribution in [0.3, 0.4) is 0 Å². The first-order valence-corrected chi connectivity index (χ1v) is 9.12. The van der Waals surface area contributed by atoms with Crippen molar-refractivity contribution in [2.45, 2.75) is 19.4 Å². The molecule has 0 aliphatic carbocycles. The number of nitrogens with one attached hydrogen (secondary N) is 1. The summed E-state index contributed by atoms with van der Waals surface area (Å²) in [5, 5.41) is 3.60. The van der Waals surface area contributed by atoms with Gasteiger partial charge in [0, 0.05) is 12.9 Å². The van der Waals surface area contributed by atoms with Crippen LogP contribution in [-0.2, 0) is 0 Å². The van der Waals surface area contributed by atoms with Gasteiger partial charge in [0.1, 0.15) is 0 Å². The molecule has 0 aliphatic rings. The number of thiophene rings is 1. The predicted molar refractivity (Wildman–Crippen MR) is 96.3 cm³/mol. The van der Waals surface area contributed by atoms with E-state index in [1.807, 2.05) is 6.07 Å². The Morgan fingerprint density at radius 2 is 2.16 bits per heavy atom. The summed E-state index contributed by atoms with van der Waals surface area (Å²) < 4.78 is 3.20. The summed E-state index contributed by atoms with van der Waals surface area (Å²) in [4.78, 5) is 1.25. The lowest BCUT2D eigenvalue weighted by molar-refractivity contribution is 0.604. The minimum Gasteiger partial charge on any atom is -0.306 e. The first-order valence-electron chi connectivity index (χ1n) is 6.05. The fraction of sp³-hybridized carbons (Fsp3) is 0.286. The van der Waals surface area contributed by atoms with Crippen molar-refractivity contribution < 1.29 is 0 Å². The molecule has 1 aromatic carbocycles. The van der Waals surface area contributed by atoms with Gasteiger partial charge in [0.25, 0.3) is 0 Å². The summed E-state index contributed by atoms with van der Waals surface area (Å²) in [6, 6.07) is 10.7. The molecule has 5 heteroatoms. The summed E-state index contributed by atoms with van der Waals surface area (Å²) in [7, 11) is 0. The van der Waals surface area contributed by atoms with Crippen LogP contribution in [0.4, 0.5) is 0 Å². The molecule has 0 spiro atoms. The van der Waals surface area contributed by atoms with Crippen molar-refractivity contribution in [2.24, 2.45) is 0 Å². The molecular weight excluding hydrogens is 456 g/mol. The number of halogens is 3. The van der Waals surface area contributed by atoms with Gasteiger partial charge in [-0.2, -0.15) is 0 Å². The van der Waals surface area contributed by atoms with Crippen LogP contribution in [0.1, 0.15) is 29.8 Å². The quantitative estimate of drug-likeness (QED) is 0.540. The highest BCUT2D eigenvalue weighted by atomic mass is 127. The van der Waals surface area contributed by atoms with Crippen molar-refractivity contribution in [1.82, 2.24) is 5.32 Å². The Labute approximate surface area is 145 Å². The molecule has 0 radical (unpaired) electrons. The van der Waals surface area contributed by atoms with E-state index in [0.29, 0.717) is 0 Å². The van der Waals surface area contributed by atoms with Crippen LogP contribution in [0.2, 0.25) is 4.34 Å². The molecule has 2 rings (SSSR count). The highest BCUT2D eigenvalue weighted by molar-refractivity contribution is 14.1. The van der Waals surface area contributed by atoms with Gasteiger partial charge in [-0.1, -0.05) is 34.5 Å². The van der Waals surface area contributed by atoms with E-state index in [2.05, 4.69) is 75.0 Å². The first kappa shape index (κ1) is 15.8. The topological polar surface area (TPSA) is 12.0 Å². The van der Waals surface area contributed by atoms with Gasteiger partial charge in [0.15, 0.2) is 0 Å². The molecule has 0 saturated carbocycles. The van der Waals surface area contributed by atoms with E-state index in [-0.39, 0.29) is 6.04 Å². The van der Waals surface area contributed by atoms with Crippen LogP contribution >= 0.6 is 61.5 Å². The maximum Gasteiger partial charge on any atom is 0.0931 e. The third kappa shape index (κ3) is 4.17. The first-order chi connectivity index (χ1) is 9.11. The van der Waals surface area contributed by atoms with Crippen molar-refractivity contribution in [3.63, 3.8) is 0 Å². The summed E-state index contributed by atoms with van der Waals surface area (Å²) in [6.45, 7) is 3.16. The van der Waals surface area contributed by atoms with E-state index in [0.717, 1.165) is 21.8 Å². The van der Waals surface area contributed by atoms with Gasteiger partial charge in [-0.15, -0.1) is 11.3 Å². The van der Waals surface area contributed by atoms with Gasteiger partial charge in [-0.25, -0.2) is 0 Å². The maximum absolute atomic E-state index is 6.07. The summed E-state index contributed by atoms with van der Waals surface area (Å²) >= 11 is 13.7. The third-order valence-corrected chi connectivity index (χ3v) is 5.44. The van der Waals surface area contributed by atoms with E-state index in [4.69, 9.17) is 11.6 Å². The maximum atomic E-state index is 6.07. The third-order valence-electron chi connectivity index (χ3n) is 2.75. The Bertz CT molecular complexity index is 558. The number of benzene rings is 1. The van der Waals surface area contributed by atoms with Gasteiger partial charge >= 0.3 is 0 Å². The monoisotopic (exact) mass is 469 g/mol. The molecule has 0 bridgehead atoms. The van der Waals surface area contributed by atoms with Crippen LogP contribution in [0.5, 0.6) is 0 Å². The number of hydrogen-bond acceptors (Lipinski definition) is 2. The fourth-order valence-electron chi connectivity index (χ4n) is 1.87. The van der Waals surface area contributed by atoms with Crippen LogP contribution in [0.15, 0.2) is 34.8 Å². The van der Waals surface area contributed by atoms with Gasteiger partial charge in [0.2, 0.25) is 0 Å². The Balaban J connectivity index is 2.39. The van der Waals surface area contributed by atoms with E-state index in [1.54, 1.807) is 11.3 Å². The van der Waals surface area contributed by atoms with Crippen molar-refractivity contribution in [2.75, 3.05) is 6.54 Å². The Kier molecular flexibility index (Phi) is 6.14. The van der Waals surface area contributed by atoms with Gasteiger partial charge < -0.3 is 5.32 Å². The van der Waals surface area contributed by atoms with Gasteiger partial charge in [-0.05, 0) is 71.5 Å². The average Bonchev–Trinajstić information content (AvgIpc) is 2.80. The Hall–Kier alpha value is 0.380. The molecule has 19 heavy (non-hydrogen) atoms. The Morgan fingerprint density at radius 3 is 2.79 bits per heavy atom. The molecule has 1 heterocycles. The van der Waals surface area contributed by atoms with Gasteiger partial charge in [-0.3, -0.25) is 0 Å². The lowest BCUT2D eigenvalue weighted by atomic mass is 10.1. The van der Waals surface area contributed by atoms with E-state index in [1.165, 1.54) is 14.0 Å². The molecule has 1 N–H and O–H groups in total. The molecule has 1 atom stereocenters. The zero-order chi connectivity index (χ0) is 13.8. The van der Waals surface area contributed by atoms with E-state index >= 15 is 0 Å². The molecule has 1 aromatic heterocycles. The van der Waals surface area contributed by atoms with Crippen LogP contribution < -0.4 is 5.32 Å². The predicted octanol–water partition coefficient (Wildman–Crippen LogP) is 5.86. The van der Waals surface area contributed by atoms with Gasteiger partial charge in [0.05, 0.1) is 10.4 Å². The van der Waals surface area contributed by atoms with Crippen molar-refractivity contribution >= 4 is 61.5 Å². The summed E-state index contributed by atoms with van der Waals surface area (Å²) in [5.74, 6) is 0. The zero-order valence-electron chi connectivity index (χ0n) is 10.4. The van der Waals surface area contributed by atoms with E-state index in [9.17, 15) is 0 Å². The average molecular weight is 471 g/mol. The molecule has 2 aromatic rings. The molecular formula is C14H14BrClINS. The Morgan fingerprint density at radius 1 is 1.37 bits per heavy atom. The minimum atomic E-state index is 0.196. The second kappa shape index (κ2) is 7.41. The molecule has 0 saturated heterocycles. The van der Waals surface area contributed by atoms with Crippen molar-refractivity contribution in [3.8, 4) is 0 Å². The normalized spacial score (nSPS) is 12.6. The lowest BCUT2D eigenvalue weighted by Crippen LogP contribution is -2.22. The van der Waals surface area contributed by atoms with Crippen molar-refractivity contribution in [3.05, 3.63) is 53.2 Å². The minimum absolute atomic E-state index is 0.196. The molecule has 0 amide bonds. The summed E-state index contributed by atoms with van der Waals surface area (Å²) in [6.07, 6.45) is 1.11. The lowest BCUT2D eigenvalue weighted by Gasteiger charge is -2.19. The van der Waals surface area contributed by atoms with E-state index < -0.39 is 0 Å². The molecule has 102 valence electrons. The standard InChI is InChI=1S/C14H14BrClINS/c1-2-7-18-14(12-5-6-13(16)19-12)10-8-9(17)3-4-11(10)15/h3-6,8,14,18H,2,7H2,1H3. The zero-order valence-corrected chi connectivity index (χ0v) is 15.7. The largest absolute Gasteiger partial charge is 0.306 e. The van der Waals surface area contributed by atoms with Crippen LogP contribution in [0, 0.1) is 3.57 Å².